The van der Waals surface area contributed by atoms with Crippen molar-refractivity contribution in [2.75, 3.05) is 7.11 Å². The lowest BCUT2D eigenvalue weighted by Gasteiger charge is -2.35. The lowest BCUT2D eigenvalue weighted by Crippen LogP contribution is -2.39. The number of ether oxygens (including phenoxy) is 2. The second kappa shape index (κ2) is 9.20. The molecule has 0 aliphatic carbocycles. The van der Waals surface area contributed by atoms with Crippen molar-refractivity contribution in [1.82, 2.24) is 4.90 Å². The lowest BCUT2D eigenvalue weighted by molar-refractivity contribution is -0.150. The van der Waals surface area contributed by atoms with Crippen molar-refractivity contribution >= 4 is 29.4 Å². The van der Waals surface area contributed by atoms with E-state index in [1.165, 1.54) is 18.1 Å². The summed E-state index contributed by atoms with van der Waals surface area (Å²) in [5.74, 6) is -1.43. The quantitative estimate of drug-likeness (QED) is 0.594. The van der Waals surface area contributed by atoms with Crippen LogP contribution < -0.4 is 0 Å². The number of esters is 2. The van der Waals surface area contributed by atoms with Gasteiger partial charge in [0.1, 0.15) is 11.4 Å². The fourth-order valence-corrected chi connectivity index (χ4v) is 3.92. The van der Waals surface area contributed by atoms with Gasteiger partial charge in [-0.25, -0.2) is 9.59 Å². The van der Waals surface area contributed by atoms with Crippen molar-refractivity contribution in [3.63, 3.8) is 0 Å². The number of amides is 1. The number of furan rings is 1. The Morgan fingerprint density at radius 3 is 2.47 bits per heavy atom. The average Bonchev–Trinajstić information content (AvgIpc) is 3.17. The number of allylic oxidation sites excluding steroid dienone is 1. The molecule has 170 valence electrons. The van der Waals surface area contributed by atoms with Crippen LogP contribution in [0, 0.1) is 0 Å². The summed E-state index contributed by atoms with van der Waals surface area (Å²) in [6, 6.07) is 10.2. The van der Waals surface area contributed by atoms with Gasteiger partial charge in [0.2, 0.25) is 11.7 Å². The van der Waals surface area contributed by atoms with Gasteiger partial charge in [0.05, 0.1) is 19.2 Å². The minimum atomic E-state index is -0.710. The van der Waals surface area contributed by atoms with E-state index in [0.717, 1.165) is 0 Å². The summed E-state index contributed by atoms with van der Waals surface area (Å²) in [7, 11) is 1.26. The molecule has 8 heteroatoms. The van der Waals surface area contributed by atoms with Gasteiger partial charge in [-0.3, -0.25) is 4.79 Å². The van der Waals surface area contributed by atoms with E-state index in [1.807, 2.05) is 12.1 Å². The van der Waals surface area contributed by atoms with E-state index >= 15 is 0 Å². The number of benzene rings is 1. The lowest BCUT2D eigenvalue weighted by atomic mass is 9.83. The Balaban J connectivity index is 2.03. The van der Waals surface area contributed by atoms with E-state index in [0.29, 0.717) is 27.6 Å². The first-order valence-corrected chi connectivity index (χ1v) is 10.6. The molecule has 32 heavy (non-hydrogen) atoms. The van der Waals surface area contributed by atoms with Gasteiger partial charge >= 0.3 is 11.9 Å². The zero-order chi connectivity index (χ0) is 23.6. The van der Waals surface area contributed by atoms with Crippen LogP contribution in [0.3, 0.4) is 0 Å². The van der Waals surface area contributed by atoms with Crippen LogP contribution in [0.15, 0.2) is 52.1 Å². The molecule has 7 nitrogen and oxygen atoms in total. The maximum Gasteiger partial charge on any atom is 0.373 e. The first kappa shape index (κ1) is 23.6. The van der Waals surface area contributed by atoms with Crippen LogP contribution >= 0.6 is 11.6 Å². The van der Waals surface area contributed by atoms with Gasteiger partial charge in [-0.05, 0) is 51.5 Å². The van der Waals surface area contributed by atoms with Crippen LogP contribution in [0.1, 0.15) is 61.9 Å². The third-order valence-corrected chi connectivity index (χ3v) is 5.43. The Bertz CT molecular complexity index is 1080. The van der Waals surface area contributed by atoms with E-state index in [4.69, 9.17) is 20.8 Å². The maximum absolute atomic E-state index is 13.2. The highest BCUT2D eigenvalue weighted by atomic mass is 35.5. The molecule has 1 amide bonds. The average molecular weight is 460 g/mol. The first-order valence-electron chi connectivity index (χ1n) is 10.2. The van der Waals surface area contributed by atoms with E-state index in [1.54, 1.807) is 45.9 Å². The second-order valence-electron chi connectivity index (χ2n) is 8.52. The van der Waals surface area contributed by atoms with Crippen molar-refractivity contribution in [3.05, 3.63) is 69.8 Å². The molecule has 3 rings (SSSR count). The van der Waals surface area contributed by atoms with Gasteiger partial charge in [0, 0.05) is 23.1 Å². The van der Waals surface area contributed by atoms with Crippen molar-refractivity contribution in [2.24, 2.45) is 0 Å². The Kier molecular flexibility index (Phi) is 6.79. The molecule has 1 aliphatic rings. The largest absolute Gasteiger partial charge is 0.463 e. The number of rotatable bonds is 5. The number of hydrogen-bond acceptors (Lipinski definition) is 6. The Morgan fingerprint density at radius 2 is 1.84 bits per heavy atom. The molecule has 1 atom stereocenters. The minimum absolute atomic E-state index is 0.0369. The number of carbonyl (C=O) groups excluding carboxylic acids is 3. The van der Waals surface area contributed by atoms with Crippen molar-refractivity contribution < 1.29 is 28.3 Å². The zero-order valence-corrected chi connectivity index (χ0v) is 19.5. The molecule has 0 saturated carbocycles. The molecule has 1 aliphatic heterocycles. The predicted octanol–water partition coefficient (Wildman–Crippen LogP) is 4.85. The molecule has 0 N–H and O–H groups in total. The van der Waals surface area contributed by atoms with Crippen LogP contribution in [-0.4, -0.2) is 35.5 Å². The normalized spacial score (nSPS) is 16.9. The number of hydrogen-bond donors (Lipinski definition) is 0. The summed E-state index contributed by atoms with van der Waals surface area (Å²) in [6.45, 7) is 7.12. The van der Waals surface area contributed by atoms with Crippen molar-refractivity contribution in [1.29, 1.82) is 0 Å². The summed E-state index contributed by atoms with van der Waals surface area (Å²) in [4.78, 5) is 39.5. The van der Waals surface area contributed by atoms with Gasteiger partial charge in [-0.15, -0.1) is 0 Å². The Morgan fingerprint density at radius 1 is 1.16 bits per heavy atom. The second-order valence-corrected chi connectivity index (χ2v) is 8.92. The Hall–Kier alpha value is -3.06. The Labute approximate surface area is 191 Å². The molecule has 0 spiro atoms. The summed E-state index contributed by atoms with van der Waals surface area (Å²) in [5.41, 5.74) is 0.801. The molecule has 0 saturated heterocycles. The minimum Gasteiger partial charge on any atom is -0.463 e. The number of methoxy groups -OCH3 is 1. The monoisotopic (exact) mass is 459 g/mol. The molecule has 1 aromatic heterocycles. The highest BCUT2D eigenvalue weighted by Crippen LogP contribution is 2.40. The van der Waals surface area contributed by atoms with Gasteiger partial charge in [0.15, 0.2) is 0 Å². The van der Waals surface area contributed by atoms with E-state index in [9.17, 15) is 14.4 Å². The van der Waals surface area contributed by atoms with Gasteiger partial charge in [0.25, 0.3) is 0 Å². The fraction of sp³-hybridized carbons (Fsp3) is 0.375. The third-order valence-electron chi connectivity index (χ3n) is 5.08. The molecule has 2 aromatic rings. The van der Waals surface area contributed by atoms with E-state index in [2.05, 4.69) is 4.74 Å². The molecule has 1 aromatic carbocycles. The smallest absolute Gasteiger partial charge is 0.373 e. The van der Waals surface area contributed by atoms with Crippen molar-refractivity contribution in [2.45, 2.75) is 52.2 Å². The van der Waals surface area contributed by atoms with Crippen LogP contribution in [-0.2, 0) is 25.6 Å². The van der Waals surface area contributed by atoms with Crippen LogP contribution in [0.5, 0.6) is 0 Å². The SMILES string of the molecule is COC(=O)c1ccc(CN2C(=O)CC(c3ccccc3Cl)C(C(=O)OC(C)(C)C)=C2C)o1. The van der Waals surface area contributed by atoms with E-state index < -0.39 is 23.5 Å². The van der Waals surface area contributed by atoms with Crippen LogP contribution in [0.4, 0.5) is 0 Å². The summed E-state index contributed by atoms with van der Waals surface area (Å²) in [5, 5.41) is 0.473. The van der Waals surface area contributed by atoms with Gasteiger partial charge in [-0.2, -0.15) is 0 Å². The van der Waals surface area contributed by atoms with Gasteiger partial charge in [-0.1, -0.05) is 29.8 Å². The molecule has 0 fully saturated rings. The van der Waals surface area contributed by atoms with Crippen LogP contribution in [0.25, 0.3) is 0 Å². The summed E-state index contributed by atoms with van der Waals surface area (Å²) < 4.78 is 15.8. The fourth-order valence-electron chi connectivity index (χ4n) is 3.65. The first-order chi connectivity index (χ1) is 15.0. The molecule has 0 radical (unpaired) electrons. The maximum atomic E-state index is 13.2. The highest BCUT2D eigenvalue weighted by molar-refractivity contribution is 6.31. The number of halogens is 1. The summed E-state index contributed by atoms with van der Waals surface area (Å²) >= 11 is 6.41. The standard InChI is InChI=1S/C24H26ClNO6/c1-14-21(23(29)32-24(2,3)4)17(16-8-6-7-9-18(16)25)12-20(27)26(14)13-15-10-11-19(31-15)22(28)30-5/h6-11,17H,12-13H2,1-5H3. The molecular weight excluding hydrogens is 434 g/mol. The topological polar surface area (TPSA) is 86.0 Å². The molecule has 1 unspecified atom stereocenters. The van der Waals surface area contributed by atoms with Crippen molar-refractivity contribution in [3.8, 4) is 0 Å². The molecular formula is C24H26ClNO6. The van der Waals surface area contributed by atoms with Gasteiger partial charge < -0.3 is 18.8 Å². The zero-order valence-electron chi connectivity index (χ0n) is 18.7. The predicted molar refractivity (Wildman–Crippen MR) is 118 cm³/mol. The van der Waals surface area contributed by atoms with Crippen LogP contribution in [0.2, 0.25) is 5.02 Å². The highest BCUT2D eigenvalue weighted by Gasteiger charge is 2.39. The number of carbonyl (C=O) groups is 3. The third kappa shape index (κ3) is 5.05. The van der Waals surface area contributed by atoms with E-state index in [-0.39, 0.29) is 24.6 Å². The molecule has 2 heterocycles. The summed E-state index contributed by atoms with van der Waals surface area (Å²) in [6.07, 6.45) is 0.0419. The number of nitrogens with zero attached hydrogens (tertiary/aromatic N) is 1. The molecule has 0 bridgehead atoms.